The number of alkyl halides is 3. The summed E-state index contributed by atoms with van der Waals surface area (Å²) in [5.74, 6) is 0. The van der Waals surface area contributed by atoms with Crippen LogP contribution in [-0.2, 0) is 10.9 Å². The molecule has 1 fully saturated rings. The van der Waals surface area contributed by atoms with E-state index in [0.717, 1.165) is 25.2 Å². The molecule has 0 spiro atoms. The van der Waals surface area contributed by atoms with Crippen LogP contribution in [0.15, 0.2) is 18.2 Å². The van der Waals surface area contributed by atoms with E-state index < -0.39 is 11.7 Å². The van der Waals surface area contributed by atoms with Crippen LogP contribution in [0.2, 0.25) is 0 Å². The first-order valence-corrected chi connectivity index (χ1v) is 8.05. The molecule has 0 saturated carbocycles. The van der Waals surface area contributed by atoms with E-state index >= 15 is 0 Å². The molecule has 4 nitrogen and oxygen atoms in total. The van der Waals surface area contributed by atoms with E-state index in [1.165, 1.54) is 6.07 Å². The van der Waals surface area contributed by atoms with E-state index in [1.54, 1.807) is 0 Å². The molecule has 1 aromatic rings. The second-order valence-corrected chi connectivity index (χ2v) is 5.87. The summed E-state index contributed by atoms with van der Waals surface area (Å²) in [5, 5.41) is 9.23. The Morgan fingerprint density at radius 1 is 1.33 bits per heavy atom. The maximum Gasteiger partial charge on any atom is 0.416 e. The molecule has 1 aliphatic rings. The number of piperazine rings is 1. The Hall–Kier alpha value is -1.78. The van der Waals surface area contributed by atoms with Gasteiger partial charge in [0, 0.05) is 38.8 Å². The third kappa shape index (κ3) is 4.40. The van der Waals surface area contributed by atoms with Crippen LogP contribution in [0.1, 0.15) is 25.0 Å². The van der Waals surface area contributed by atoms with E-state index in [1.807, 2.05) is 17.9 Å². The Bertz CT molecular complexity index is 598. The van der Waals surface area contributed by atoms with Crippen molar-refractivity contribution in [3.05, 3.63) is 29.3 Å². The summed E-state index contributed by atoms with van der Waals surface area (Å²) in [6.45, 7) is 8.36. The first-order valence-electron chi connectivity index (χ1n) is 8.05. The van der Waals surface area contributed by atoms with Crippen molar-refractivity contribution in [1.82, 2.24) is 4.90 Å². The summed E-state index contributed by atoms with van der Waals surface area (Å²) in [4.78, 5) is 4.28. The third-order valence-electron chi connectivity index (χ3n) is 4.28. The van der Waals surface area contributed by atoms with Gasteiger partial charge in [0.15, 0.2) is 0 Å². The monoisotopic (exact) mass is 341 g/mol. The van der Waals surface area contributed by atoms with Gasteiger partial charge in [-0.25, -0.2) is 0 Å². The summed E-state index contributed by atoms with van der Waals surface area (Å²) < 4.78 is 43.8. The van der Waals surface area contributed by atoms with Crippen LogP contribution < -0.4 is 4.90 Å². The summed E-state index contributed by atoms with van der Waals surface area (Å²) in [6, 6.07) is 5.52. The van der Waals surface area contributed by atoms with Gasteiger partial charge in [0.2, 0.25) is 0 Å². The SMILES string of the molecule is CCOCCN1CCN(c2ccc(C(F)(F)F)cc2C#N)CC1C. The smallest absolute Gasteiger partial charge is 0.380 e. The van der Waals surface area contributed by atoms with Crippen molar-refractivity contribution >= 4 is 5.69 Å². The molecule has 132 valence electrons. The predicted octanol–water partition coefficient (Wildman–Crippen LogP) is 3.12. The fourth-order valence-electron chi connectivity index (χ4n) is 2.95. The van der Waals surface area contributed by atoms with Gasteiger partial charge in [-0.05, 0) is 32.0 Å². The highest BCUT2D eigenvalue weighted by molar-refractivity contribution is 5.61. The number of hydrogen-bond acceptors (Lipinski definition) is 4. The number of benzene rings is 1. The molecule has 2 rings (SSSR count). The van der Waals surface area contributed by atoms with E-state index in [2.05, 4.69) is 11.8 Å². The first-order chi connectivity index (χ1) is 11.4. The van der Waals surface area contributed by atoms with Gasteiger partial charge < -0.3 is 9.64 Å². The lowest BCUT2D eigenvalue weighted by Gasteiger charge is -2.41. The molecule has 1 atom stereocenters. The highest BCUT2D eigenvalue weighted by Gasteiger charge is 2.32. The van der Waals surface area contributed by atoms with Crippen LogP contribution in [0.4, 0.5) is 18.9 Å². The molecular weight excluding hydrogens is 319 g/mol. The number of halogens is 3. The van der Waals surface area contributed by atoms with Gasteiger partial charge in [-0.15, -0.1) is 0 Å². The number of hydrogen-bond donors (Lipinski definition) is 0. The second-order valence-electron chi connectivity index (χ2n) is 5.87. The van der Waals surface area contributed by atoms with Gasteiger partial charge >= 0.3 is 6.18 Å². The first kappa shape index (κ1) is 18.6. The fourth-order valence-corrected chi connectivity index (χ4v) is 2.95. The largest absolute Gasteiger partial charge is 0.416 e. The fraction of sp³-hybridized carbons (Fsp3) is 0.588. The van der Waals surface area contributed by atoms with Crippen LogP contribution in [0.25, 0.3) is 0 Å². The lowest BCUT2D eigenvalue weighted by atomic mass is 10.1. The van der Waals surface area contributed by atoms with Crippen molar-refractivity contribution in [2.45, 2.75) is 26.1 Å². The van der Waals surface area contributed by atoms with Gasteiger partial charge in [-0.3, -0.25) is 4.90 Å². The zero-order valence-corrected chi connectivity index (χ0v) is 13.9. The molecule has 24 heavy (non-hydrogen) atoms. The Balaban J connectivity index is 2.09. The lowest BCUT2D eigenvalue weighted by Crippen LogP contribution is -2.53. The van der Waals surface area contributed by atoms with E-state index in [9.17, 15) is 18.4 Å². The topological polar surface area (TPSA) is 39.5 Å². The van der Waals surface area contributed by atoms with Crippen LogP contribution in [0, 0.1) is 11.3 Å². The Labute approximate surface area is 140 Å². The van der Waals surface area contributed by atoms with E-state index in [-0.39, 0.29) is 11.6 Å². The van der Waals surface area contributed by atoms with Crippen molar-refractivity contribution in [3.8, 4) is 6.07 Å². The maximum atomic E-state index is 12.8. The lowest BCUT2D eigenvalue weighted by molar-refractivity contribution is -0.137. The van der Waals surface area contributed by atoms with E-state index in [4.69, 9.17) is 4.74 Å². The Kier molecular flexibility index (Phi) is 6.08. The molecule has 1 heterocycles. The molecule has 1 aromatic carbocycles. The van der Waals surface area contributed by atoms with Crippen LogP contribution in [0.5, 0.6) is 0 Å². The quantitative estimate of drug-likeness (QED) is 0.772. The summed E-state index contributed by atoms with van der Waals surface area (Å²) in [5.41, 5.74) is -0.146. The van der Waals surface area contributed by atoms with Gasteiger partial charge in [0.1, 0.15) is 6.07 Å². The Morgan fingerprint density at radius 2 is 2.08 bits per heavy atom. The molecule has 0 amide bonds. The number of nitrogens with zero attached hydrogens (tertiary/aromatic N) is 3. The zero-order chi connectivity index (χ0) is 17.7. The van der Waals surface area contributed by atoms with Crippen molar-refractivity contribution in [1.29, 1.82) is 5.26 Å². The van der Waals surface area contributed by atoms with E-state index in [0.29, 0.717) is 32.0 Å². The second kappa shape index (κ2) is 7.86. The predicted molar refractivity (Wildman–Crippen MR) is 85.9 cm³/mol. The minimum absolute atomic E-state index is 0.0693. The number of nitriles is 1. The molecule has 0 aliphatic carbocycles. The van der Waals surface area contributed by atoms with Crippen molar-refractivity contribution in [2.24, 2.45) is 0 Å². The average Bonchev–Trinajstić information content (AvgIpc) is 2.55. The minimum Gasteiger partial charge on any atom is -0.380 e. The molecule has 1 aliphatic heterocycles. The van der Waals surface area contributed by atoms with Crippen LogP contribution >= 0.6 is 0 Å². The summed E-state index contributed by atoms with van der Waals surface area (Å²) in [6.07, 6.45) is -4.44. The van der Waals surface area contributed by atoms with Gasteiger partial charge in [0.05, 0.1) is 23.4 Å². The molecule has 0 bridgehead atoms. The molecule has 0 aromatic heterocycles. The zero-order valence-electron chi connectivity index (χ0n) is 13.9. The van der Waals surface area contributed by atoms with Crippen molar-refractivity contribution < 1.29 is 17.9 Å². The van der Waals surface area contributed by atoms with Gasteiger partial charge in [0.25, 0.3) is 0 Å². The van der Waals surface area contributed by atoms with Crippen LogP contribution in [-0.4, -0.2) is 50.3 Å². The average molecular weight is 341 g/mol. The highest BCUT2D eigenvalue weighted by atomic mass is 19.4. The highest BCUT2D eigenvalue weighted by Crippen LogP contribution is 2.33. The third-order valence-corrected chi connectivity index (χ3v) is 4.28. The molecular formula is C17H22F3N3O. The molecule has 1 unspecified atom stereocenters. The minimum atomic E-state index is -4.44. The summed E-state index contributed by atoms with van der Waals surface area (Å²) in [7, 11) is 0. The normalized spacial score (nSPS) is 19.3. The van der Waals surface area contributed by atoms with Crippen molar-refractivity contribution in [2.75, 3.05) is 44.3 Å². The van der Waals surface area contributed by atoms with Crippen molar-refractivity contribution in [3.63, 3.8) is 0 Å². The molecule has 1 saturated heterocycles. The van der Waals surface area contributed by atoms with Crippen LogP contribution in [0.3, 0.4) is 0 Å². The Morgan fingerprint density at radius 3 is 2.67 bits per heavy atom. The van der Waals surface area contributed by atoms with Gasteiger partial charge in [-0.2, -0.15) is 18.4 Å². The number of ether oxygens (including phenoxy) is 1. The molecule has 0 N–H and O–H groups in total. The van der Waals surface area contributed by atoms with Gasteiger partial charge in [-0.1, -0.05) is 0 Å². The number of rotatable bonds is 5. The standard InChI is InChI=1S/C17H22F3N3O/c1-3-24-9-8-22-6-7-23(12-13(22)2)16-5-4-15(17(18,19)20)10-14(16)11-21/h4-5,10,13H,3,6-9,12H2,1-2H3. The maximum absolute atomic E-state index is 12.8. The number of anilines is 1. The molecule has 7 heteroatoms. The summed E-state index contributed by atoms with van der Waals surface area (Å²) >= 11 is 0. The molecule has 0 radical (unpaired) electrons.